The molecule has 0 amide bonds. The molecular weight excluding hydrogens is 310 g/mol. The summed E-state index contributed by atoms with van der Waals surface area (Å²) in [5, 5.41) is 14.0. The van der Waals surface area contributed by atoms with Gasteiger partial charge in [0.05, 0.1) is 4.92 Å². The first kappa shape index (κ1) is 14.5. The number of benzene rings is 1. The summed E-state index contributed by atoms with van der Waals surface area (Å²) in [5.41, 5.74) is -0.308. The van der Waals surface area contributed by atoms with E-state index in [4.69, 9.17) is 0 Å². The molecule has 0 saturated carbocycles. The van der Waals surface area contributed by atoms with Crippen molar-refractivity contribution in [3.05, 3.63) is 65.0 Å². The van der Waals surface area contributed by atoms with E-state index in [1.54, 1.807) is 0 Å². The van der Waals surface area contributed by atoms with Gasteiger partial charge < -0.3 is 5.32 Å². The van der Waals surface area contributed by atoms with Crippen molar-refractivity contribution in [2.24, 2.45) is 0 Å². The zero-order chi connectivity index (χ0) is 16.4. The molecule has 0 spiro atoms. The molecule has 1 N–H and O–H groups in total. The van der Waals surface area contributed by atoms with Crippen LogP contribution in [0.1, 0.15) is 0 Å². The third kappa shape index (κ3) is 2.81. The number of rotatable bonds is 4. The number of halogens is 2. The molecule has 0 aliphatic carbocycles. The highest BCUT2D eigenvalue weighted by molar-refractivity contribution is 5.70. The summed E-state index contributed by atoms with van der Waals surface area (Å²) in [6.45, 7) is 0. The zero-order valence-electron chi connectivity index (χ0n) is 11.3. The summed E-state index contributed by atoms with van der Waals surface area (Å²) < 4.78 is 27.5. The fourth-order valence-corrected chi connectivity index (χ4v) is 1.91. The third-order valence-corrected chi connectivity index (χ3v) is 2.92. The van der Waals surface area contributed by atoms with Crippen molar-refractivity contribution in [1.29, 1.82) is 0 Å². The van der Waals surface area contributed by atoms with Gasteiger partial charge in [0, 0.05) is 24.1 Å². The van der Waals surface area contributed by atoms with Crippen LogP contribution in [-0.2, 0) is 0 Å². The lowest BCUT2D eigenvalue weighted by Gasteiger charge is -2.09. The topological polar surface area (TPSA) is 98.8 Å². The maximum Gasteiger partial charge on any atom is 0.354 e. The van der Waals surface area contributed by atoms with Crippen LogP contribution in [0, 0.1) is 21.7 Å². The summed E-state index contributed by atoms with van der Waals surface area (Å²) >= 11 is 0. The Bertz CT molecular complexity index is 869. The molecule has 23 heavy (non-hydrogen) atoms. The van der Waals surface area contributed by atoms with Gasteiger partial charge in [0.15, 0.2) is 11.6 Å². The quantitative estimate of drug-likeness (QED) is 0.586. The molecule has 116 valence electrons. The first-order valence-electron chi connectivity index (χ1n) is 6.26. The highest BCUT2D eigenvalue weighted by Gasteiger charge is 2.24. The maximum absolute atomic E-state index is 13.2. The number of hydrogen-bond acceptors (Lipinski definition) is 6. The minimum Gasteiger partial charge on any atom is -0.334 e. The zero-order valence-corrected chi connectivity index (χ0v) is 11.3. The average Bonchev–Trinajstić information content (AvgIpc) is 3.05. The molecule has 0 aliphatic heterocycles. The SMILES string of the molecule is O=[N+]([O-])c1c(Nc2ccc(F)c(F)c2)ncnc1-n1ccnc1. The van der Waals surface area contributed by atoms with Crippen molar-refractivity contribution in [2.45, 2.75) is 0 Å². The van der Waals surface area contributed by atoms with E-state index < -0.39 is 22.2 Å². The van der Waals surface area contributed by atoms with Crippen LogP contribution in [0.3, 0.4) is 0 Å². The molecule has 8 nitrogen and oxygen atoms in total. The van der Waals surface area contributed by atoms with Crippen molar-refractivity contribution < 1.29 is 13.7 Å². The molecule has 0 saturated heterocycles. The Kier molecular flexibility index (Phi) is 3.63. The Labute approximate surface area is 127 Å². The lowest BCUT2D eigenvalue weighted by atomic mass is 10.3. The van der Waals surface area contributed by atoms with E-state index in [0.29, 0.717) is 0 Å². The van der Waals surface area contributed by atoms with Gasteiger partial charge in [-0.3, -0.25) is 14.7 Å². The summed E-state index contributed by atoms with van der Waals surface area (Å²) in [4.78, 5) is 22.2. The van der Waals surface area contributed by atoms with E-state index >= 15 is 0 Å². The number of nitrogens with one attached hydrogen (secondary N) is 1. The lowest BCUT2D eigenvalue weighted by molar-refractivity contribution is -0.384. The van der Waals surface area contributed by atoms with Gasteiger partial charge in [0.2, 0.25) is 11.6 Å². The number of aromatic nitrogens is 4. The Morgan fingerprint density at radius 1 is 1.22 bits per heavy atom. The summed E-state index contributed by atoms with van der Waals surface area (Å²) in [6.07, 6.45) is 5.38. The van der Waals surface area contributed by atoms with E-state index in [1.165, 1.54) is 29.4 Å². The average molecular weight is 318 g/mol. The van der Waals surface area contributed by atoms with Crippen molar-refractivity contribution in [3.63, 3.8) is 0 Å². The Morgan fingerprint density at radius 2 is 2.04 bits per heavy atom. The molecule has 1 aromatic carbocycles. The third-order valence-electron chi connectivity index (χ3n) is 2.92. The van der Waals surface area contributed by atoms with Crippen LogP contribution in [0.15, 0.2) is 43.2 Å². The molecule has 3 rings (SSSR count). The number of imidazole rings is 1. The van der Waals surface area contributed by atoms with Crippen molar-refractivity contribution >= 4 is 17.2 Å². The molecule has 0 bridgehead atoms. The Balaban J connectivity index is 2.07. The predicted octanol–water partition coefficient (Wildman–Crippen LogP) is 2.59. The van der Waals surface area contributed by atoms with Crippen molar-refractivity contribution in [2.75, 3.05) is 5.32 Å². The normalized spacial score (nSPS) is 10.5. The molecular formula is C13H8F2N6O2. The highest BCUT2D eigenvalue weighted by atomic mass is 19.2. The van der Waals surface area contributed by atoms with E-state index in [2.05, 4.69) is 20.3 Å². The van der Waals surface area contributed by atoms with Crippen LogP contribution in [-0.4, -0.2) is 24.4 Å². The molecule has 0 aliphatic rings. The first-order valence-corrected chi connectivity index (χ1v) is 6.26. The van der Waals surface area contributed by atoms with E-state index in [-0.39, 0.29) is 17.3 Å². The first-order chi connectivity index (χ1) is 11.1. The Morgan fingerprint density at radius 3 is 2.70 bits per heavy atom. The van der Waals surface area contributed by atoms with E-state index in [9.17, 15) is 18.9 Å². The minimum absolute atomic E-state index is 0.00687. The number of nitrogens with zero attached hydrogens (tertiary/aromatic N) is 5. The summed E-state index contributed by atoms with van der Waals surface area (Å²) in [5.74, 6) is -2.26. The molecule has 2 heterocycles. The monoisotopic (exact) mass is 318 g/mol. The second-order valence-electron chi connectivity index (χ2n) is 4.38. The molecule has 0 unspecified atom stereocenters. The van der Waals surface area contributed by atoms with Gasteiger partial charge in [-0.1, -0.05) is 0 Å². The summed E-state index contributed by atoms with van der Waals surface area (Å²) in [7, 11) is 0. The smallest absolute Gasteiger partial charge is 0.334 e. The van der Waals surface area contributed by atoms with Gasteiger partial charge in [-0.15, -0.1) is 0 Å². The fourth-order valence-electron chi connectivity index (χ4n) is 1.91. The van der Waals surface area contributed by atoms with Crippen LogP contribution >= 0.6 is 0 Å². The van der Waals surface area contributed by atoms with Gasteiger partial charge in [-0.2, -0.15) is 0 Å². The van der Waals surface area contributed by atoms with Crippen LogP contribution in [0.2, 0.25) is 0 Å². The molecule has 10 heteroatoms. The fraction of sp³-hybridized carbons (Fsp3) is 0. The van der Waals surface area contributed by atoms with Crippen molar-refractivity contribution in [3.8, 4) is 5.82 Å². The summed E-state index contributed by atoms with van der Waals surface area (Å²) in [6, 6.07) is 3.01. The van der Waals surface area contributed by atoms with Crippen LogP contribution in [0.25, 0.3) is 5.82 Å². The number of hydrogen-bond donors (Lipinski definition) is 1. The van der Waals surface area contributed by atoms with Gasteiger partial charge in [-0.25, -0.2) is 23.7 Å². The van der Waals surface area contributed by atoms with E-state index in [1.807, 2.05) is 0 Å². The largest absolute Gasteiger partial charge is 0.354 e. The molecule has 0 fully saturated rings. The molecule has 3 aromatic rings. The van der Waals surface area contributed by atoms with Crippen LogP contribution in [0.5, 0.6) is 0 Å². The van der Waals surface area contributed by atoms with Gasteiger partial charge in [-0.05, 0) is 12.1 Å². The highest BCUT2D eigenvalue weighted by Crippen LogP contribution is 2.30. The van der Waals surface area contributed by atoms with E-state index in [0.717, 1.165) is 18.5 Å². The van der Waals surface area contributed by atoms with Crippen LogP contribution in [0.4, 0.5) is 26.0 Å². The molecule has 0 radical (unpaired) electrons. The lowest BCUT2D eigenvalue weighted by Crippen LogP contribution is -2.07. The van der Waals surface area contributed by atoms with Gasteiger partial charge in [0.25, 0.3) is 0 Å². The second-order valence-corrected chi connectivity index (χ2v) is 4.38. The molecule has 2 aromatic heterocycles. The Hall–Kier alpha value is -3.43. The molecule has 0 atom stereocenters. The van der Waals surface area contributed by atoms with Gasteiger partial charge >= 0.3 is 5.69 Å². The van der Waals surface area contributed by atoms with Gasteiger partial charge in [0.1, 0.15) is 12.7 Å². The number of nitro groups is 1. The standard InChI is InChI=1S/C13H8F2N6O2/c14-9-2-1-8(5-10(9)15)19-12-11(21(22)23)13(18-6-17-12)20-4-3-16-7-20/h1-7H,(H,17,18,19). The van der Waals surface area contributed by atoms with Crippen molar-refractivity contribution in [1.82, 2.24) is 19.5 Å². The second kappa shape index (κ2) is 5.75. The maximum atomic E-state index is 13.2. The minimum atomic E-state index is -1.08. The van der Waals surface area contributed by atoms with Crippen LogP contribution < -0.4 is 5.32 Å². The predicted molar refractivity (Wildman–Crippen MR) is 75.4 cm³/mol. The number of anilines is 2.